The summed E-state index contributed by atoms with van der Waals surface area (Å²) in [4.78, 5) is 0. The van der Waals surface area contributed by atoms with E-state index in [4.69, 9.17) is 10.5 Å². The molecule has 2 N–H and O–H groups in total. The third-order valence-electron chi connectivity index (χ3n) is 3.62. The van der Waals surface area contributed by atoms with Crippen LogP contribution in [0.2, 0.25) is 0 Å². The molecule has 88 valence electrons. The van der Waals surface area contributed by atoms with Gasteiger partial charge in [-0.15, -0.1) is 0 Å². The van der Waals surface area contributed by atoms with Gasteiger partial charge in [0.1, 0.15) is 0 Å². The lowest BCUT2D eigenvalue weighted by Crippen LogP contribution is -2.32. The maximum Gasteiger partial charge on any atom is 0.0767 e. The minimum atomic E-state index is 0.0280. The zero-order valence-electron chi connectivity index (χ0n) is 10.2. The first-order valence-electron chi connectivity index (χ1n) is 6.13. The van der Waals surface area contributed by atoms with Gasteiger partial charge in [-0.2, -0.15) is 0 Å². The number of ether oxygens (including phenoxy) is 1. The quantitative estimate of drug-likeness (QED) is 0.830. The molecule has 0 spiro atoms. The van der Waals surface area contributed by atoms with Gasteiger partial charge in [0.2, 0.25) is 0 Å². The van der Waals surface area contributed by atoms with E-state index < -0.39 is 0 Å². The van der Waals surface area contributed by atoms with Gasteiger partial charge >= 0.3 is 0 Å². The molecule has 2 heteroatoms. The fourth-order valence-electron chi connectivity index (χ4n) is 2.38. The van der Waals surface area contributed by atoms with Gasteiger partial charge in [-0.25, -0.2) is 0 Å². The fraction of sp³-hybridized carbons (Fsp3) is 0.571. The van der Waals surface area contributed by atoms with Crippen molar-refractivity contribution in [3.05, 3.63) is 34.9 Å². The number of nitrogens with two attached hydrogens (primary N) is 1. The van der Waals surface area contributed by atoms with Crippen molar-refractivity contribution in [2.24, 2.45) is 5.73 Å². The third kappa shape index (κ3) is 2.28. The highest BCUT2D eigenvalue weighted by Crippen LogP contribution is 2.27. The molecule has 0 radical (unpaired) electrons. The van der Waals surface area contributed by atoms with Crippen LogP contribution in [0.15, 0.2) is 18.2 Å². The van der Waals surface area contributed by atoms with Gasteiger partial charge in [0.15, 0.2) is 0 Å². The molecule has 1 aromatic carbocycles. The molecule has 2 nitrogen and oxygen atoms in total. The van der Waals surface area contributed by atoms with Crippen LogP contribution in [0.5, 0.6) is 0 Å². The predicted octanol–water partition coefficient (Wildman–Crippen LogP) is 2.87. The van der Waals surface area contributed by atoms with Crippen molar-refractivity contribution in [2.75, 3.05) is 6.61 Å². The molecule has 16 heavy (non-hydrogen) atoms. The summed E-state index contributed by atoms with van der Waals surface area (Å²) in [7, 11) is 0. The first-order valence-corrected chi connectivity index (χ1v) is 6.13. The molecule has 0 aliphatic carbocycles. The van der Waals surface area contributed by atoms with Crippen molar-refractivity contribution in [2.45, 2.75) is 45.3 Å². The van der Waals surface area contributed by atoms with Crippen molar-refractivity contribution in [1.29, 1.82) is 0 Å². The monoisotopic (exact) mass is 219 g/mol. The molecular weight excluding hydrogens is 198 g/mol. The second kappa shape index (κ2) is 4.98. The van der Waals surface area contributed by atoms with Crippen LogP contribution in [0.4, 0.5) is 0 Å². The largest absolute Gasteiger partial charge is 0.376 e. The molecule has 2 rings (SSSR count). The van der Waals surface area contributed by atoms with Crippen molar-refractivity contribution in [3.8, 4) is 0 Å². The van der Waals surface area contributed by atoms with Crippen molar-refractivity contribution >= 4 is 0 Å². The second-order valence-corrected chi connectivity index (χ2v) is 4.72. The van der Waals surface area contributed by atoms with Gasteiger partial charge in [0.25, 0.3) is 0 Å². The van der Waals surface area contributed by atoms with Crippen LogP contribution in [0.25, 0.3) is 0 Å². The number of benzene rings is 1. The van der Waals surface area contributed by atoms with E-state index in [1.807, 2.05) is 0 Å². The Bertz CT molecular complexity index is 356. The summed E-state index contributed by atoms with van der Waals surface area (Å²) >= 11 is 0. The van der Waals surface area contributed by atoms with Gasteiger partial charge in [-0.1, -0.05) is 18.2 Å². The Morgan fingerprint density at radius 1 is 1.31 bits per heavy atom. The Kier molecular flexibility index (Phi) is 3.62. The molecule has 0 saturated carbocycles. The second-order valence-electron chi connectivity index (χ2n) is 4.72. The van der Waals surface area contributed by atoms with Crippen molar-refractivity contribution in [3.63, 3.8) is 0 Å². The highest BCUT2D eigenvalue weighted by molar-refractivity contribution is 5.35. The maximum absolute atomic E-state index is 6.31. The number of aryl methyl sites for hydroxylation is 1. The van der Waals surface area contributed by atoms with Crippen molar-refractivity contribution in [1.82, 2.24) is 0 Å². The summed E-state index contributed by atoms with van der Waals surface area (Å²) in [5.74, 6) is 0. The van der Waals surface area contributed by atoms with Crippen LogP contribution in [-0.2, 0) is 4.74 Å². The first-order chi connectivity index (χ1) is 7.70. The normalized spacial score (nSPS) is 23.1. The molecule has 1 heterocycles. The lowest BCUT2D eigenvalue weighted by atomic mass is 9.92. The van der Waals surface area contributed by atoms with Gasteiger partial charge in [-0.05, 0) is 49.8 Å². The summed E-state index contributed by atoms with van der Waals surface area (Å²) < 4.78 is 5.76. The Balaban J connectivity index is 2.19. The van der Waals surface area contributed by atoms with E-state index in [1.54, 1.807) is 0 Å². The molecule has 0 amide bonds. The summed E-state index contributed by atoms with van der Waals surface area (Å²) in [6.45, 7) is 5.14. The van der Waals surface area contributed by atoms with Gasteiger partial charge in [0.05, 0.1) is 12.1 Å². The Labute approximate surface area is 97.8 Å². The molecule has 1 aromatic rings. The Morgan fingerprint density at radius 3 is 2.81 bits per heavy atom. The molecule has 2 atom stereocenters. The lowest BCUT2D eigenvalue weighted by molar-refractivity contribution is -0.000109. The summed E-state index contributed by atoms with van der Waals surface area (Å²) in [5.41, 5.74) is 10.2. The van der Waals surface area contributed by atoms with E-state index in [-0.39, 0.29) is 12.1 Å². The van der Waals surface area contributed by atoms with Gasteiger partial charge < -0.3 is 10.5 Å². The van der Waals surface area contributed by atoms with Crippen LogP contribution < -0.4 is 5.73 Å². The van der Waals surface area contributed by atoms with Crippen LogP contribution in [0.1, 0.15) is 42.0 Å². The zero-order valence-corrected chi connectivity index (χ0v) is 10.2. The zero-order chi connectivity index (χ0) is 11.5. The first kappa shape index (κ1) is 11.6. The van der Waals surface area contributed by atoms with Crippen LogP contribution in [0, 0.1) is 13.8 Å². The average molecular weight is 219 g/mol. The minimum absolute atomic E-state index is 0.0280. The molecule has 0 aromatic heterocycles. The predicted molar refractivity (Wildman–Crippen MR) is 66.4 cm³/mol. The molecule has 1 fully saturated rings. The van der Waals surface area contributed by atoms with Crippen LogP contribution in [0.3, 0.4) is 0 Å². The average Bonchev–Trinajstić information content (AvgIpc) is 2.33. The van der Waals surface area contributed by atoms with Crippen molar-refractivity contribution < 1.29 is 4.74 Å². The summed E-state index contributed by atoms with van der Waals surface area (Å²) in [5, 5.41) is 0. The van der Waals surface area contributed by atoms with E-state index >= 15 is 0 Å². The number of hydrogen-bond donors (Lipinski definition) is 1. The highest BCUT2D eigenvalue weighted by Gasteiger charge is 2.23. The maximum atomic E-state index is 6.31. The number of rotatable bonds is 2. The molecular formula is C14H21NO. The topological polar surface area (TPSA) is 35.2 Å². The van der Waals surface area contributed by atoms with Crippen LogP contribution in [-0.4, -0.2) is 12.7 Å². The molecule has 1 aliphatic heterocycles. The molecule has 1 saturated heterocycles. The van der Waals surface area contributed by atoms with Crippen LogP contribution >= 0.6 is 0 Å². The van der Waals surface area contributed by atoms with E-state index in [1.165, 1.54) is 29.5 Å². The minimum Gasteiger partial charge on any atom is -0.376 e. The smallest absolute Gasteiger partial charge is 0.0767 e. The Morgan fingerprint density at radius 2 is 2.12 bits per heavy atom. The van der Waals surface area contributed by atoms with Gasteiger partial charge in [-0.3, -0.25) is 0 Å². The SMILES string of the molecule is Cc1cccc(C(N)C2CCCCO2)c1C. The fourth-order valence-corrected chi connectivity index (χ4v) is 2.38. The van der Waals surface area contributed by atoms with E-state index in [0.29, 0.717) is 0 Å². The molecule has 1 aliphatic rings. The van der Waals surface area contributed by atoms with Gasteiger partial charge in [0, 0.05) is 6.61 Å². The third-order valence-corrected chi connectivity index (χ3v) is 3.62. The number of hydrogen-bond acceptors (Lipinski definition) is 2. The summed E-state index contributed by atoms with van der Waals surface area (Å²) in [6, 6.07) is 6.37. The Hall–Kier alpha value is -0.860. The van der Waals surface area contributed by atoms with E-state index in [0.717, 1.165) is 13.0 Å². The summed E-state index contributed by atoms with van der Waals surface area (Å²) in [6.07, 6.45) is 3.71. The molecule has 0 bridgehead atoms. The van der Waals surface area contributed by atoms with E-state index in [9.17, 15) is 0 Å². The standard InChI is InChI=1S/C14H21NO/c1-10-6-5-7-12(11(10)2)14(15)13-8-3-4-9-16-13/h5-7,13-14H,3-4,8-9,15H2,1-2H3. The molecule has 2 unspecified atom stereocenters. The van der Waals surface area contributed by atoms with E-state index in [2.05, 4.69) is 32.0 Å². The highest BCUT2D eigenvalue weighted by atomic mass is 16.5. The lowest BCUT2D eigenvalue weighted by Gasteiger charge is -2.29.